The van der Waals surface area contributed by atoms with Gasteiger partial charge in [-0.2, -0.15) is 0 Å². The van der Waals surface area contributed by atoms with E-state index in [0.717, 1.165) is 23.3 Å². The lowest BCUT2D eigenvalue weighted by Gasteiger charge is -2.13. The van der Waals surface area contributed by atoms with E-state index in [1.54, 1.807) is 18.2 Å². The van der Waals surface area contributed by atoms with E-state index in [-0.39, 0.29) is 12.3 Å². The molecular weight excluding hydrogens is 396 g/mol. The van der Waals surface area contributed by atoms with Gasteiger partial charge in [0.05, 0.1) is 24.8 Å². The third kappa shape index (κ3) is 6.21. The Morgan fingerprint density at radius 1 is 1.10 bits per heavy atom. The fourth-order valence-electron chi connectivity index (χ4n) is 2.95. The van der Waals surface area contributed by atoms with E-state index in [1.807, 2.05) is 24.3 Å². The van der Waals surface area contributed by atoms with Crippen LogP contribution in [0.25, 0.3) is 11.0 Å². The molecule has 0 aliphatic carbocycles. The van der Waals surface area contributed by atoms with Crippen LogP contribution in [0, 0.1) is 5.92 Å². The number of carbonyl (C=O) groups excluding carboxylic acids is 2. The SMILES string of the molecule is COc1cc(C(=O)NNC(=O)CCc2nc3ccccc3[nH]2)ccc1OCCC(C)C. The molecule has 0 saturated heterocycles. The Bertz CT molecular complexity index is 1010. The minimum absolute atomic E-state index is 0.187. The molecule has 164 valence electrons. The van der Waals surface area contributed by atoms with Crippen LogP contribution in [0.1, 0.15) is 42.9 Å². The Kier molecular flexibility index (Phi) is 7.48. The van der Waals surface area contributed by atoms with Crippen molar-refractivity contribution in [2.45, 2.75) is 33.1 Å². The van der Waals surface area contributed by atoms with Gasteiger partial charge in [-0.1, -0.05) is 26.0 Å². The molecular formula is C23H28N4O4. The van der Waals surface area contributed by atoms with Crippen LogP contribution < -0.4 is 20.3 Å². The number of fused-ring (bicyclic) bond motifs is 1. The van der Waals surface area contributed by atoms with Gasteiger partial charge in [-0.3, -0.25) is 20.4 Å². The summed E-state index contributed by atoms with van der Waals surface area (Å²) >= 11 is 0. The molecule has 3 N–H and O–H groups in total. The number of nitrogens with zero attached hydrogens (tertiary/aromatic N) is 1. The van der Waals surface area contributed by atoms with Crippen molar-refractivity contribution < 1.29 is 19.1 Å². The highest BCUT2D eigenvalue weighted by Gasteiger charge is 2.13. The third-order valence-corrected chi connectivity index (χ3v) is 4.72. The molecule has 0 spiro atoms. The summed E-state index contributed by atoms with van der Waals surface area (Å²) < 4.78 is 11.1. The molecule has 3 aromatic rings. The van der Waals surface area contributed by atoms with Crippen molar-refractivity contribution in [3.63, 3.8) is 0 Å². The van der Waals surface area contributed by atoms with Crippen molar-refractivity contribution in [3.8, 4) is 11.5 Å². The van der Waals surface area contributed by atoms with Crippen LogP contribution in [0.2, 0.25) is 0 Å². The van der Waals surface area contributed by atoms with Gasteiger partial charge >= 0.3 is 0 Å². The standard InChI is InChI=1S/C23H28N4O4/c1-15(2)12-13-31-19-9-8-16(14-20(19)30-3)23(29)27-26-22(28)11-10-21-24-17-6-4-5-7-18(17)25-21/h4-9,14-15H,10-13H2,1-3H3,(H,24,25)(H,26,28)(H,27,29). The van der Waals surface area contributed by atoms with E-state index in [2.05, 4.69) is 34.7 Å². The number of ether oxygens (including phenoxy) is 2. The number of hydrogen-bond acceptors (Lipinski definition) is 5. The highest BCUT2D eigenvalue weighted by Crippen LogP contribution is 2.28. The molecule has 3 rings (SSSR count). The van der Waals surface area contributed by atoms with Crippen molar-refractivity contribution >= 4 is 22.8 Å². The summed E-state index contributed by atoms with van der Waals surface area (Å²) in [5.74, 6) is 1.55. The molecule has 0 saturated carbocycles. The average Bonchev–Trinajstić information content (AvgIpc) is 3.19. The second-order valence-corrected chi connectivity index (χ2v) is 7.60. The number of hydrogen-bond donors (Lipinski definition) is 3. The van der Waals surface area contributed by atoms with Gasteiger partial charge < -0.3 is 14.5 Å². The molecule has 0 aliphatic heterocycles. The quantitative estimate of drug-likeness (QED) is 0.457. The lowest BCUT2D eigenvalue weighted by Crippen LogP contribution is -2.41. The number of imidazole rings is 1. The van der Waals surface area contributed by atoms with Crippen LogP contribution in [0.3, 0.4) is 0 Å². The number of aryl methyl sites for hydroxylation is 1. The monoisotopic (exact) mass is 424 g/mol. The number of hydrazine groups is 1. The molecule has 8 nitrogen and oxygen atoms in total. The van der Waals surface area contributed by atoms with E-state index < -0.39 is 5.91 Å². The Morgan fingerprint density at radius 2 is 1.90 bits per heavy atom. The number of H-pyrrole nitrogens is 1. The van der Waals surface area contributed by atoms with Crippen molar-refractivity contribution in [2.75, 3.05) is 13.7 Å². The summed E-state index contributed by atoms with van der Waals surface area (Å²) in [4.78, 5) is 32.1. The first kappa shape index (κ1) is 22.1. The zero-order chi connectivity index (χ0) is 22.2. The van der Waals surface area contributed by atoms with E-state index in [9.17, 15) is 9.59 Å². The summed E-state index contributed by atoms with van der Waals surface area (Å²) in [7, 11) is 1.52. The second-order valence-electron chi connectivity index (χ2n) is 7.60. The van der Waals surface area contributed by atoms with Crippen LogP contribution in [0.5, 0.6) is 11.5 Å². The van der Waals surface area contributed by atoms with Gasteiger partial charge in [-0.25, -0.2) is 4.98 Å². The van der Waals surface area contributed by atoms with Gasteiger partial charge in [-0.05, 0) is 42.7 Å². The maximum absolute atomic E-state index is 12.4. The Balaban J connectivity index is 1.49. The normalized spacial score (nSPS) is 10.8. The smallest absolute Gasteiger partial charge is 0.269 e. The van der Waals surface area contributed by atoms with Gasteiger partial charge in [0.15, 0.2) is 11.5 Å². The van der Waals surface area contributed by atoms with E-state index in [1.165, 1.54) is 7.11 Å². The number of amides is 2. The number of rotatable bonds is 9. The molecule has 0 aliphatic rings. The minimum atomic E-state index is -0.441. The first-order valence-corrected chi connectivity index (χ1v) is 10.3. The Morgan fingerprint density at radius 3 is 2.65 bits per heavy atom. The minimum Gasteiger partial charge on any atom is -0.493 e. The van der Waals surface area contributed by atoms with Gasteiger partial charge in [0.2, 0.25) is 5.91 Å². The first-order chi connectivity index (χ1) is 15.0. The number of aromatic amines is 1. The Hall–Kier alpha value is -3.55. The Labute approximate surface area is 181 Å². The fourth-order valence-corrected chi connectivity index (χ4v) is 2.95. The largest absolute Gasteiger partial charge is 0.493 e. The average molecular weight is 425 g/mol. The molecule has 0 unspecified atom stereocenters. The molecule has 0 bridgehead atoms. The third-order valence-electron chi connectivity index (χ3n) is 4.72. The summed E-state index contributed by atoms with van der Waals surface area (Å²) in [5.41, 5.74) is 6.99. The number of aromatic nitrogens is 2. The molecule has 0 fully saturated rings. The zero-order valence-corrected chi connectivity index (χ0v) is 18.0. The predicted molar refractivity (Wildman–Crippen MR) is 118 cm³/mol. The molecule has 8 heteroatoms. The molecule has 31 heavy (non-hydrogen) atoms. The second kappa shape index (κ2) is 10.5. The predicted octanol–water partition coefficient (Wildman–Crippen LogP) is 3.39. The molecule has 1 heterocycles. The zero-order valence-electron chi connectivity index (χ0n) is 18.0. The molecule has 0 radical (unpaired) electrons. The van der Waals surface area contributed by atoms with Crippen molar-refractivity contribution in [1.82, 2.24) is 20.8 Å². The molecule has 2 aromatic carbocycles. The highest BCUT2D eigenvalue weighted by atomic mass is 16.5. The summed E-state index contributed by atoms with van der Waals surface area (Å²) in [6.07, 6.45) is 1.55. The number of nitrogens with one attached hydrogen (secondary N) is 3. The maximum Gasteiger partial charge on any atom is 0.269 e. The van der Waals surface area contributed by atoms with Crippen LogP contribution in [0.15, 0.2) is 42.5 Å². The van der Waals surface area contributed by atoms with Crippen LogP contribution in [-0.4, -0.2) is 35.5 Å². The van der Waals surface area contributed by atoms with Gasteiger partial charge in [0, 0.05) is 18.4 Å². The van der Waals surface area contributed by atoms with Gasteiger partial charge in [0.25, 0.3) is 5.91 Å². The van der Waals surface area contributed by atoms with E-state index >= 15 is 0 Å². The van der Waals surface area contributed by atoms with Gasteiger partial charge in [0.1, 0.15) is 5.82 Å². The molecule has 2 amide bonds. The van der Waals surface area contributed by atoms with Gasteiger partial charge in [-0.15, -0.1) is 0 Å². The maximum atomic E-state index is 12.4. The topological polar surface area (TPSA) is 105 Å². The summed E-state index contributed by atoms with van der Waals surface area (Å²) in [6, 6.07) is 12.6. The van der Waals surface area contributed by atoms with Crippen LogP contribution in [0.4, 0.5) is 0 Å². The van der Waals surface area contributed by atoms with Crippen LogP contribution in [-0.2, 0) is 11.2 Å². The van der Waals surface area contributed by atoms with Crippen molar-refractivity contribution in [2.24, 2.45) is 5.92 Å². The molecule has 0 atom stereocenters. The lowest BCUT2D eigenvalue weighted by atomic mass is 10.1. The molecule has 1 aromatic heterocycles. The van der Waals surface area contributed by atoms with E-state index in [4.69, 9.17) is 9.47 Å². The summed E-state index contributed by atoms with van der Waals surface area (Å²) in [5, 5.41) is 0. The van der Waals surface area contributed by atoms with E-state index in [0.29, 0.717) is 36.0 Å². The first-order valence-electron chi connectivity index (χ1n) is 10.3. The lowest BCUT2D eigenvalue weighted by molar-refractivity contribution is -0.121. The number of benzene rings is 2. The summed E-state index contributed by atoms with van der Waals surface area (Å²) in [6.45, 7) is 4.82. The van der Waals surface area contributed by atoms with Crippen molar-refractivity contribution in [1.29, 1.82) is 0 Å². The van der Waals surface area contributed by atoms with Crippen LogP contribution >= 0.6 is 0 Å². The van der Waals surface area contributed by atoms with Crippen molar-refractivity contribution in [3.05, 3.63) is 53.9 Å². The number of para-hydroxylation sites is 2. The number of carbonyl (C=O) groups is 2. The number of methoxy groups -OCH3 is 1. The fraction of sp³-hybridized carbons (Fsp3) is 0.348. The highest BCUT2D eigenvalue weighted by molar-refractivity contribution is 5.96.